The van der Waals surface area contributed by atoms with Crippen LogP contribution in [0.15, 0.2) is 0 Å². The first-order chi connectivity index (χ1) is 7.85. The number of carboxylic acid groups (broad SMARTS) is 1. The topological polar surface area (TPSA) is 110 Å². The highest BCUT2D eigenvalue weighted by molar-refractivity contribution is 5.82. The van der Waals surface area contributed by atoms with Gasteiger partial charge in [-0.05, 0) is 19.8 Å². The number of hydrogen-bond donors (Lipinski definition) is 4. The van der Waals surface area contributed by atoms with E-state index in [4.69, 9.17) is 10.2 Å². The number of aliphatic hydroxyl groups is 2. The second-order valence-corrected chi connectivity index (χ2v) is 4.51. The first kappa shape index (κ1) is 13.7. The highest BCUT2D eigenvalue weighted by Crippen LogP contribution is 2.20. The Kier molecular flexibility index (Phi) is 4.30. The molecule has 0 aliphatic carbocycles. The van der Waals surface area contributed by atoms with E-state index in [0.717, 1.165) is 0 Å². The van der Waals surface area contributed by atoms with Gasteiger partial charge in [0.1, 0.15) is 0 Å². The maximum atomic E-state index is 11.6. The Hall–Kier alpha value is -1.34. The summed E-state index contributed by atoms with van der Waals surface area (Å²) in [7, 11) is 0. The fraction of sp³-hybridized carbons (Fsp3) is 0.800. The van der Waals surface area contributed by atoms with Gasteiger partial charge >= 0.3 is 12.0 Å². The minimum absolute atomic E-state index is 0.372. The van der Waals surface area contributed by atoms with Crippen LogP contribution in [-0.2, 0) is 4.79 Å². The van der Waals surface area contributed by atoms with Crippen molar-refractivity contribution in [3.63, 3.8) is 0 Å². The number of nitrogens with one attached hydrogen (secondary N) is 1. The molecule has 0 aromatic rings. The molecule has 1 aliphatic heterocycles. The van der Waals surface area contributed by atoms with Crippen LogP contribution in [0.4, 0.5) is 4.79 Å². The number of urea groups is 1. The summed E-state index contributed by atoms with van der Waals surface area (Å²) < 4.78 is 0. The average molecular weight is 246 g/mol. The third-order valence-electron chi connectivity index (χ3n) is 2.91. The first-order valence-electron chi connectivity index (χ1n) is 5.47. The van der Waals surface area contributed by atoms with Gasteiger partial charge in [0.05, 0.1) is 12.2 Å². The summed E-state index contributed by atoms with van der Waals surface area (Å²) >= 11 is 0. The molecule has 1 rings (SSSR count). The number of carbonyl (C=O) groups excluding carboxylic acids is 1. The van der Waals surface area contributed by atoms with Gasteiger partial charge in [0.15, 0.2) is 6.04 Å². The summed E-state index contributed by atoms with van der Waals surface area (Å²) in [6.45, 7) is 1.80. The molecule has 1 heterocycles. The van der Waals surface area contributed by atoms with Gasteiger partial charge in [-0.1, -0.05) is 0 Å². The average Bonchev–Trinajstić information content (AvgIpc) is 2.25. The molecule has 0 bridgehead atoms. The van der Waals surface area contributed by atoms with E-state index in [9.17, 15) is 14.7 Å². The summed E-state index contributed by atoms with van der Waals surface area (Å²) in [5.41, 5.74) is -0.764. The van der Waals surface area contributed by atoms with E-state index in [0.29, 0.717) is 25.9 Å². The highest BCUT2D eigenvalue weighted by atomic mass is 16.4. The Morgan fingerprint density at radius 3 is 2.35 bits per heavy atom. The molecular weight excluding hydrogens is 228 g/mol. The van der Waals surface area contributed by atoms with E-state index in [1.54, 1.807) is 6.92 Å². The Labute approximate surface area is 99.0 Å². The van der Waals surface area contributed by atoms with Crippen molar-refractivity contribution >= 4 is 12.0 Å². The summed E-state index contributed by atoms with van der Waals surface area (Å²) in [6, 6.07) is -1.81. The zero-order chi connectivity index (χ0) is 13.1. The maximum Gasteiger partial charge on any atom is 0.328 e. The number of piperidine rings is 1. The Morgan fingerprint density at radius 2 is 1.94 bits per heavy atom. The minimum atomic E-state index is -1.29. The fourth-order valence-electron chi connectivity index (χ4n) is 1.62. The molecule has 0 aromatic carbocycles. The van der Waals surface area contributed by atoms with Gasteiger partial charge in [-0.3, -0.25) is 0 Å². The zero-order valence-electron chi connectivity index (χ0n) is 9.72. The van der Waals surface area contributed by atoms with Gasteiger partial charge in [0.25, 0.3) is 0 Å². The van der Waals surface area contributed by atoms with Crippen molar-refractivity contribution in [1.29, 1.82) is 0 Å². The van der Waals surface area contributed by atoms with Crippen LogP contribution in [0.2, 0.25) is 0 Å². The lowest BCUT2D eigenvalue weighted by Crippen LogP contribution is -2.53. The fourth-order valence-corrected chi connectivity index (χ4v) is 1.62. The summed E-state index contributed by atoms with van der Waals surface area (Å²) in [5, 5.41) is 29.4. The standard InChI is InChI=1S/C10H18N2O5/c1-10(17)2-4-12(5-3-10)9(16)11-7(6-13)8(14)15/h7,13,17H,2-6H2,1H3,(H,11,16)(H,14,15)/t7-/m0/s1. The minimum Gasteiger partial charge on any atom is -0.480 e. The van der Waals surface area contributed by atoms with Crippen molar-refractivity contribution in [2.24, 2.45) is 0 Å². The largest absolute Gasteiger partial charge is 0.480 e. The lowest BCUT2D eigenvalue weighted by Gasteiger charge is -2.36. The molecule has 0 spiro atoms. The molecule has 4 N–H and O–H groups in total. The van der Waals surface area contributed by atoms with Crippen LogP contribution in [0.1, 0.15) is 19.8 Å². The molecule has 1 aliphatic rings. The van der Waals surface area contributed by atoms with Crippen molar-refractivity contribution in [3.8, 4) is 0 Å². The van der Waals surface area contributed by atoms with Crippen LogP contribution in [0, 0.1) is 0 Å². The van der Waals surface area contributed by atoms with Crippen LogP contribution in [0.3, 0.4) is 0 Å². The van der Waals surface area contributed by atoms with Crippen molar-refractivity contribution in [3.05, 3.63) is 0 Å². The molecule has 1 saturated heterocycles. The third kappa shape index (κ3) is 3.86. The molecule has 0 aromatic heterocycles. The van der Waals surface area contributed by atoms with Crippen LogP contribution < -0.4 is 5.32 Å². The van der Waals surface area contributed by atoms with Crippen LogP contribution in [0.5, 0.6) is 0 Å². The Bertz CT molecular complexity index is 295. The molecule has 1 atom stereocenters. The van der Waals surface area contributed by atoms with Crippen molar-refractivity contribution in [2.75, 3.05) is 19.7 Å². The number of likely N-dealkylation sites (tertiary alicyclic amines) is 1. The number of carbonyl (C=O) groups is 2. The van der Waals surface area contributed by atoms with Crippen LogP contribution >= 0.6 is 0 Å². The van der Waals surface area contributed by atoms with Crippen molar-refractivity contribution in [2.45, 2.75) is 31.4 Å². The molecule has 0 unspecified atom stereocenters. The van der Waals surface area contributed by atoms with Gasteiger partial charge in [0.2, 0.25) is 0 Å². The molecule has 2 amide bonds. The summed E-state index contributed by atoms with van der Waals surface area (Å²) in [4.78, 5) is 23.7. The monoisotopic (exact) mass is 246 g/mol. The first-order valence-corrected chi connectivity index (χ1v) is 5.47. The van der Waals surface area contributed by atoms with E-state index in [1.165, 1.54) is 4.90 Å². The second kappa shape index (κ2) is 5.33. The predicted molar refractivity (Wildman–Crippen MR) is 58.5 cm³/mol. The normalized spacial score (nSPS) is 20.8. The number of rotatable bonds is 3. The van der Waals surface area contributed by atoms with Crippen molar-refractivity contribution in [1.82, 2.24) is 10.2 Å². The summed E-state index contributed by atoms with van der Waals surface area (Å²) in [6.07, 6.45) is 0.911. The second-order valence-electron chi connectivity index (χ2n) is 4.51. The molecule has 7 nitrogen and oxygen atoms in total. The summed E-state index contributed by atoms with van der Waals surface area (Å²) in [5.74, 6) is -1.27. The van der Waals surface area contributed by atoms with E-state index in [2.05, 4.69) is 5.32 Å². The maximum absolute atomic E-state index is 11.6. The smallest absolute Gasteiger partial charge is 0.328 e. The number of amides is 2. The van der Waals surface area contributed by atoms with Gasteiger partial charge in [-0.2, -0.15) is 0 Å². The highest BCUT2D eigenvalue weighted by Gasteiger charge is 2.31. The molecule has 7 heteroatoms. The van der Waals surface area contributed by atoms with E-state index >= 15 is 0 Å². The number of aliphatic carboxylic acids is 1. The molecular formula is C10H18N2O5. The lowest BCUT2D eigenvalue weighted by atomic mass is 9.94. The number of hydrogen-bond acceptors (Lipinski definition) is 4. The zero-order valence-corrected chi connectivity index (χ0v) is 9.72. The predicted octanol–water partition coefficient (Wildman–Crippen LogP) is -1.01. The number of carboxylic acids is 1. The van der Waals surface area contributed by atoms with Gasteiger partial charge < -0.3 is 25.5 Å². The van der Waals surface area contributed by atoms with Gasteiger partial charge in [-0.25, -0.2) is 9.59 Å². The van der Waals surface area contributed by atoms with E-state index in [-0.39, 0.29) is 0 Å². The Morgan fingerprint density at radius 1 is 1.41 bits per heavy atom. The van der Waals surface area contributed by atoms with Crippen molar-refractivity contribution < 1.29 is 24.9 Å². The van der Waals surface area contributed by atoms with E-state index < -0.39 is 30.3 Å². The Balaban J connectivity index is 2.46. The molecule has 0 radical (unpaired) electrons. The molecule has 98 valence electrons. The van der Waals surface area contributed by atoms with Gasteiger partial charge in [0, 0.05) is 13.1 Å². The number of nitrogens with zero attached hydrogens (tertiary/aromatic N) is 1. The quantitative estimate of drug-likeness (QED) is 0.510. The number of aliphatic hydroxyl groups excluding tert-OH is 1. The van der Waals surface area contributed by atoms with Gasteiger partial charge in [-0.15, -0.1) is 0 Å². The third-order valence-corrected chi connectivity index (χ3v) is 2.91. The molecule has 0 saturated carbocycles. The molecule has 17 heavy (non-hydrogen) atoms. The van der Waals surface area contributed by atoms with Crippen LogP contribution in [0.25, 0.3) is 0 Å². The SMILES string of the molecule is CC1(O)CCN(C(=O)N[C@@H](CO)C(=O)O)CC1. The lowest BCUT2D eigenvalue weighted by molar-refractivity contribution is -0.140. The van der Waals surface area contributed by atoms with Crippen LogP contribution in [-0.4, -0.2) is 63.6 Å². The van der Waals surface area contributed by atoms with E-state index in [1.807, 2.05) is 0 Å². The molecule has 1 fully saturated rings.